The van der Waals surface area contributed by atoms with Gasteiger partial charge >= 0.3 is 0 Å². The lowest BCUT2D eigenvalue weighted by Gasteiger charge is -2.35. The number of alkyl halides is 1. The summed E-state index contributed by atoms with van der Waals surface area (Å²) in [4.78, 5) is 6.71. The van der Waals surface area contributed by atoms with Crippen molar-refractivity contribution in [2.24, 2.45) is 0 Å². The van der Waals surface area contributed by atoms with Gasteiger partial charge in [0, 0.05) is 31.0 Å². The molecule has 1 fully saturated rings. The van der Waals surface area contributed by atoms with Gasteiger partial charge in [0.2, 0.25) is 5.13 Å². The molecule has 90 valence electrons. The fourth-order valence-electron chi connectivity index (χ4n) is 1.80. The molecule has 0 aliphatic carbocycles. The van der Waals surface area contributed by atoms with E-state index in [9.17, 15) is 0 Å². The molecule has 0 saturated carbocycles. The molecular formula is C10H16ClN3OS. The average molecular weight is 262 g/mol. The maximum Gasteiger partial charge on any atom is 0.205 e. The topological polar surface area (TPSA) is 38.2 Å². The van der Waals surface area contributed by atoms with Gasteiger partial charge in [-0.1, -0.05) is 6.92 Å². The molecule has 1 aromatic heterocycles. The van der Waals surface area contributed by atoms with Crippen LogP contribution < -0.4 is 4.90 Å². The molecule has 0 aromatic carbocycles. The molecule has 2 heterocycles. The van der Waals surface area contributed by atoms with Crippen LogP contribution in [0, 0.1) is 0 Å². The van der Waals surface area contributed by atoms with Gasteiger partial charge in [-0.2, -0.15) is 4.37 Å². The summed E-state index contributed by atoms with van der Waals surface area (Å²) in [6.07, 6.45) is 1.18. The van der Waals surface area contributed by atoms with Crippen LogP contribution in [0.2, 0.25) is 0 Å². The zero-order valence-corrected chi connectivity index (χ0v) is 11.1. The zero-order valence-electron chi connectivity index (χ0n) is 9.52. The van der Waals surface area contributed by atoms with Crippen molar-refractivity contribution in [2.45, 2.75) is 32.5 Å². The Labute approximate surface area is 105 Å². The number of nitrogens with zero attached hydrogens (tertiary/aromatic N) is 3. The number of rotatable bonds is 3. The maximum absolute atomic E-state index is 5.85. The summed E-state index contributed by atoms with van der Waals surface area (Å²) in [6.45, 7) is 5.81. The van der Waals surface area contributed by atoms with E-state index in [1.54, 1.807) is 0 Å². The second kappa shape index (κ2) is 5.29. The highest BCUT2D eigenvalue weighted by molar-refractivity contribution is 7.09. The summed E-state index contributed by atoms with van der Waals surface area (Å²) in [6, 6.07) is 0. The van der Waals surface area contributed by atoms with Crippen molar-refractivity contribution in [1.29, 1.82) is 0 Å². The van der Waals surface area contributed by atoms with E-state index in [1.165, 1.54) is 11.5 Å². The minimum Gasteiger partial charge on any atom is -0.370 e. The molecule has 0 amide bonds. The molecule has 1 aliphatic rings. The molecule has 0 radical (unpaired) electrons. The first-order chi connectivity index (χ1) is 7.72. The van der Waals surface area contributed by atoms with Crippen LogP contribution >= 0.6 is 23.1 Å². The van der Waals surface area contributed by atoms with Crippen molar-refractivity contribution in [2.75, 3.05) is 23.9 Å². The molecule has 4 nitrogen and oxygen atoms in total. The normalized spacial score (nSPS) is 26.1. The number of ether oxygens (including phenoxy) is 1. The van der Waals surface area contributed by atoms with Gasteiger partial charge in [-0.3, -0.25) is 0 Å². The molecule has 0 bridgehead atoms. The van der Waals surface area contributed by atoms with Gasteiger partial charge in [0.1, 0.15) is 5.82 Å². The SMILES string of the molecule is CCc1nsc(N2CC(C)OC(CCl)C2)n1. The van der Waals surface area contributed by atoms with Crippen molar-refractivity contribution in [1.82, 2.24) is 9.36 Å². The zero-order chi connectivity index (χ0) is 11.5. The van der Waals surface area contributed by atoms with Gasteiger partial charge in [0.05, 0.1) is 18.1 Å². The standard InChI is InChI=1S/C10H16ClN3OS/c1-3-9-12-10(16-13-9)14-5-7(2)15-8(4-11)6-14/h7-8H,3-6H2,1-2H3. The second-order valence-electron chi connectivity index (χ2n) is 3.97. The maximum atomic E-state index is 5.85. The molecule has 1 saturated heterocycles. The van der Waals surface area contributed by atoms with Crippen LogP contribution in [0.3, 0.4) is 0 Å². The molecule has 0 spiro atoms. The van der Waals surface area contributed by atoms with E-state index in [2.05, 4.69) is 28.1 Å². The van der Waals surface area contributed by atoms with Crippen molar-refractivity contribution < 1.29 is 4.74 Å². The first kappa shape index (κ1) is 12.1. The van der Waals surface area contributed by atoms with Gasteiger partial charge in [0.25, 0.3) is 0 Å². The summed E-state index contributed by atoms with van der Waals surface area (Å²) >= 11 is 7.31. The van der Waals surface area contributed by atoms with Crippen LogP contribution in [0.1, 0.15) is 19.7 Å². The summed E-state index contributed by atoms with van der Waals surface area (Å²) in [5, 5.41) is 0.988. The predicted molar refractivity (Wildman–Crippen MR) is 66.6 cm³/mol. The first-order valence-corrected chi connectivity index (χ1v) is 6.82. The number of morpholine rings is 1. The minimum atomic E-state index is 0.0967. The first-order valence-electron chi connectivity index (χ1n) is 5.52. The third kappa shape index (κ3) is 2.64. The van der Waals surface area contributed by atoms with Gasteiger partial charge in [-0.05, 0) is 6.92 Å². The van der Waals surface area contributed by atoms with E-state index in [4.69, 9.17) is 16.3 Å². The van der Waals surface area contributed by atoms with Gasteiger partial charge in [-0.15, -0.1) is 11.6 Å². The molecule has 0 N–H and O–H groups in total. The van der Waals surface area contributed by atoms with Crippen molar-refractivity contribution in [3.8, 4) is 0 Å². The Hall–Kier alpha value is -0.390. The Morgan fingerprint density at radius 3 is 3.00 bits per heavy atom. The van der Waals surface area contributed by atoms with E-state index in [0.717, 1.165) is 30.5 Å². The third-order valence-corrected chi connectivity index (χ3v) is 3.70. The molecule has 2 unspecified atom stereocenters. The van der Waals surface area contributed by atoms with Crippen LogP contribution in [0.25, 0.3) is 0 Å². The molecule has 1 aliphatic heterocycles. The fourth-order valence-corrected chi connectivity index (χ4v) is 2.74. The van der Waals surface area contributed by atoms with Crippen LogP contribution in [-0.2, 0) is 11.2 Å². The average Bonchev–Trinajstić information content (AvgIpc) is 2.76. The number of anilines is 1. The van der Waals surface area contributed by atoms with Gasteiger partial charge < -0.3 is 9.64 Å². The largest absolute Gasteiger partial charge is 0.370 e. The van der Waals surface area contributed by atoms with E-state index in [1.807, 2.05) is 0 Å². The lowest BCUT2D eigenvalue weighted by atomic mass is 10.2. The monoisotopic (exact) mass is 261 g/mol. The van der Waals surface area contributed by atoms with Crippen molar-refractivity contribution in [3.05, 3.63) is 5.82 Å². The van der Waals surface area contributed by atoms with Gasteiger partial charge in [-0.25, -0.2) is 4.98 Å². The highest BCUT2D eigenvalue weighted by Gasteiger charge is 2.26. The van der Waals surface area contributed by atoms with Crippen molar-refractivity contribution in [3.63, 3.8) is 0 Å². The number of halogens is 1. The Morgan fingerprint density at radius 1 is 1.56 bits per heavy atom. The van der Waals surface area contributed by atoms with Crippen LogP contribution in [-0.4, -0.2) is 40.5 Å². The summed E-state index contributed by atoms with van der Waals surface area (Å²) in [5.74, 6) is 1.45. The smallest absolute Gasteiger partial charge is 0.205 e. The Bertz CT molecular complexity index is 347. The Balaban J connectivity index is 2.07. The number of hydrogen-bond donors (Lipinski definition) is 0. The van der Waals surface area contributed by atoms with Crippen molar-refractivity contribution >= 4 is 28.3 Å². The van der Waals surface area contributed by atoms with E-state index < -0.39 is 0 Å². The molecule has 16 heavy (non-hydrogen) atoms. The van der Waals surface area contributed by atoms with Crippen LogP contribution in [0.15, 0.2) is 0 Å². The Kier molecular flexibility index (Phi) is 4.00. The summed E-state index contributed by atoms with van der Waals surface area (Å²) in [7, 11) is 0. The van der Waals surface area contributed by atoms with E-state index in [0.29, 0.717) is 5.88 Å². The fraction of sp³-hybridized carbons (Fsp3) is 0.800. The number of hydrogen-bond acceptors (Lipinski definition) is 5. The highest BCUT2D eigenvalue weighted by atomic mass is 35.5. The molecular weight excluding hydrogens is 246 g/mol. The summed E-state index contributed by atoms with van der Waals surface area (Å²) in [5.41, 5.74) is 0. The predicted octanol–water partition coefficient (Wildman–Crippen LogP) is 1.93. The second-order valence-corrected chi connectivity index (χ2v) is 5.01. The van der Waals surface area contributed by atoms with Crippen LogP contribution in [0.5, 0.6) is 0 Å². The van der Waals surface area contributed by atoms with E-state index >= 15 is 0 Å². The highest BCUT2D eigenvalue weighted by Crippen LogP contribution is 2.22. The third-order valence-electron chi connectivity index (χ3n) is 2.54. The van der Waals surface area contributed by atoms with E-state index in [-0.39, 0.29) is 12.2 Å². The summed E-state index contributed by atoms with van der Waals surface area (Å²) < 4.78 is 10.0. The number of aryl methyl sites for hydroxylation is 1. The molecule has 1 aromatic rings. The Morgan fingerprint density at radius 2 is 2.38 bits per heavy atom. The minimum absolute atomic E-state index is 0.0967. The molecule has 2 rings (SSSR count). The lowest BCUT2D eigenvalue weighted by Crippen LogP contribution is -2.47. The van der Waals surface area contributed by atoms with Crippen LogP contribution in [0.4, 0.5) is 5.13 Å². The molecule has 6 heteroatoms. The number of aromatic nitrogens is 2. The van der Waals surface area contributed by atoms with Gasteiger partial charge in [0.15, 0.2) is 0 Å². The lowest BCUT2D eigenvalue weighted by molar-refractivity contribution is -0.00334. The quantitative estimate of drug-likeness (QED) is 0.780. The molecule has 2 atom stereocenters.